The molecule has 0 spiro atoms. The third kappa shape index (κ3) is 2.02. The van der Waals surface area contributed by atoms with Crippen molar-refractivity contribution in [2.45, 2.75) is 16.1 Å². The number of thioether (sulfide) groups is 1. The number of benzene rings is 2. The van der Waals surface area contributed by atoms with Crippen molar-refractivity contribution in [3.8, 4) is 0 Å². The number of allylic oxidation sites excluding steroid dienone is 3. The Kier molecular flexibility index (Phi) is 2.98. The van der Waals surface area contributed by atoms with Gasteiger partial charge in [0.15, 0.2) is 0 Å². The minimum atomic E-state index is 0.492. The summed E-state index contributed by atoms with van der Waals surface area (Å²) < 4.78 is 0. The Morgan fingerprint density at radius 3 is 2.60 bits per heavy atom. The Morgan fingerprint density at radius 1 is 0.950 bits per heavy atom. The molecule has 0 saturated carbocycles. The molecule has 98 valence electrons. The van der Waals surface area contributed by atoms with Crippen LogP contribution in [0.3, 0.4) is 0 Å². The summed E-state index contributed by atoms with van der Waals surface area (Å²) in [6, 6.07) is 16.8. The second-order valence-electron chi connectivity index (χ2n) is 5.13. The van der Waals surface area contributed by atoms with Crippen LogP contribution in [0.2, 0.25) is 5.02 Å². The summed E-state index contributed by atoms with van der Waals surface area (Å²) >= 11 is 7.93. The van der Waals surface area contributed by atoms with Gasteiger partial charge in [-0.1, -0.05) is 60.2 Å². The molecule has 1 heterocycles. The van der Waals surface area contributed by atoms with Crippen LogP contribution in [0.25, 0.3) is 5.57 Å². The molecule has 0 N–H and O–H groups in total. The largest absolute Gasteiger partial charge is 0.117 e. The molecule has 0 bridgehead atoms. The van der Waals surface area contributed by atoms with Crippen LogP contribution >= 0.6 is 23.4 Å². The van der Waals surface area contributed by atoms with Crippen molar-refractivity contribution in [1.82, 2.24) is 0 Å². The van der Waals surface area contributed by atoms with E-state index < -0.39 is 0 Å². The molecule has 0 amide bonds. The van der Waals surface area contributed by atoms with Crippen LogP contribution in [0.1, 0.15) is 17.0 Å². The minimum absolute atomic E-state index is 0.492. The van der Waals surface area contributed by atoms with Crippen molar-refractivity contribution in [1.29, 1.82) is 0 Å². The van der Waals surface area contributed by atoms with Crippen LogP contribution < -0.4 is 0 Å². The van der Waals surface area contributed by atoms with E-state index in [1.165, 1.54) is 21.6 Å². The lowest BCUT2D eigenvalue weighted by atomic mass is 9.87. The summed E-state index contributed by atoms with van der Waals surface area (Å²) in [5.41, 5.74) is 3.98. The molecule has 2 atom stereocenters. The average molecular weight is 297 g/mol. The first kappa shape index (κ1) is 12.3. The molecular weight excluding hydrogens is 284 g/mol. The van der Waals surface area contributed by atoms with Crippen molar-refractivity contribution in [3.05, 3.63) is 82.9 Å². The fourth-order valence-corrected chi connectivity index (χ4v) is 4.33. The maximum atomic E-state index is 5.97. The van der Waals surface area contributed by atoms with Crippen molar-refractivity contribution in [2.75, 3.05) is 0 Å². The third-order valence-electron chi connectivity index (χ3n) is 3.90. The van der Waals surface area contributed by atoms with Gasteiger partial charge in [-0.15, -0.1) is 11.8 Å². The topological polar surface area (TPSA) is 0 Å². The van der Waals surface area contributed by atoms with Gasteiger partial charge >= 0.3 is 0 Å². The van der Waals surface area contributed by atoms with Gasteiger partial charge in [0.1, 0.15) is 0 Å². The molecule has 0 aromatic heterocycles. The summed E-state index contributed by atoms with van der Waals surface area (Å²) in [6.07, 6.45) is 6.97. The molecule has 0 radical (unpaired) electrons. The van der Waals surface area contributed by atoms with Crippen LogP contribution in [0.5, 0.6) is 0 Å². The highest BCUT2D eigenvalue weighted by Crippen LogP contribution is 2.49. The molecule has 2 aromatic carbocycles. The highest BCUT2D eigenvalue weighted by atomic mass is 35.5. The normalized spacial score (nSPS) is 23.1. The minimum Gasteiger partial charge on any atom is -0.117 e. The summed E-state index contributed by atoms with van der Waals surface area (Å²) in [7, 11) is 0. The van der Waals surface area contributed by atoms with E-state index in [4.69, 9.17) is 11.6 Å². The van der Waals surface area contributed by atoms with Crippen molar-refractivity contribution in [2.24, 2.45) is 0 Å². The number of hydrogen-bond acceptors (Lipinski definition) is 1. The lowest BCUT2D eigenvalue weighted by Gasteiger charge is -2.19. The molecule has 4 rings (SSSR count). The highest BCUT2D eigenvalue weighted by Gasteiger charge is 2.31. The van der Waals surface area contributed by atoms with Crippen LogP contribution in [0, 0.1) is 0 Å². The van der Waals surface area contributed by atoms with Gasteiger partial charge in [0.25, 0.3) is 0 Å². The second-order valence-corrected chi connectivity index (χ2v) is 6.79. The first-order chi connectivity index (χ1) is 9.81. The molecule has 0 nitrogen and oxygen atoms in total. The predicted octanol–water partition coefficient (Wildman–Crippen LogP) is 5.55. The van der Waals surface area contributed by atoms with E-state index in [9.17, 15) is 0 Å². The molecular formula is C18H13ClS. The molecule has 20 heavy (non-hydrogen) atoms. The molecule has 0 saturated heterocycles. The zero-order chi connectivity index (χ0) is 13.5. The van der Waals surface area contributed by atoms with E-state index in [-0.39, 0.29) is 0 Å². The maximum absolute atomic E-state index is 5.97. The monoisotopic (exact) mass is 296 g/mol. The van der Waals surface area contributed by atoms with Gasteiger partial charge in [-0.05, 0) is 34.9 Å². The van der Waals surface area contributed by atoms with E-state index in [2.05, 4.69) is 54.6 Å². The van der Waals surface area contributed by atoms with Crippen molar-refractivity contribution in [3.63, 3.8) is 0 Å². The van der Waals surface area contributed by atoms with Crippen LogP contribution in [-0.2, 0) is 0 Å². The summed E-state index contributed by atoms with van der Waals surface area (Å²) in [6.45, 7) is 0. The zero-order valence-corrected chi connectivity index (χ0v) is 12.4. The average Bonchev–Trinajstić information content (AvgIpc) is 2.86. The lowest BCUT2D eigenvalue weighted by Crippen LogP contribution is -2.08. The van der Waals surface area contributed by atoms with Crippen LogP contribution in [0.15, 0.2) is 71.7 Å². The number of hydrogen-bond donors (Lipinski definition) is 0. The molecule has 1 aliphatic carbocycles. The molecule has 0 fully saturated rings. The molecule has 1 unspecified atom stereocenters. The van der Waals surface area contributed by atoms with Crippen molar-refractivity contribution >= 4 is 28.9 Å². The molecule has 2 aromatic rings. The summed E-state index contributed by atoms with van der Waals surface area (Å²) in [5, 5.41) is 1.33. The fraction of sp³-hybridized carbons (Fsp3) is 0.111. The van der Waals surface area contributed by atoms with Gasteiger partial charge in [0, 0.05) is 21.1 Å². The van der Waals surface area contributed by atoms with Gasteiger partial charge in [0.05, 0.1) is 0 Å². The van der Waals surface area contributed by atoms with E-state index in [0.717, 1.165) is 5.02 Å². The van der Waals surface area contributed by atoms with Crippen LogP contribution in [-0.4, -0.2) is 5.25 Å². The first-order valence-corrected chi connectivity index (χ1v) is 7.98. The second kappa shape index (κ2) is 4.83. The SMILES string of the molecule is Clc1ccc(C2=CC3c4ccccc4S[C@H]3C=C2)cc1. The van der Waals surface area contributed by atoms with E-state index >= 15 is 0 Å². The Labute approximate surface area is 128 Å². The zero-order valence-electron chi connectivity index (χ0n) is 10.8. The molecule has 2 aliphatic rings. The maximum Gasteiger partial charge on any atom is 0.0406 e. The van der Waals surface area contributed by atoms with Crippen molar-refractivity contribution < 1.29 is 0 Å². The van der Waals surface area contributed by atoms with E-state index in [1.807, 2.05) is 23.9 Å². The summed E-state index contributed by atoms with van der Waals surface area (Å²) in [5.74, 6) is 0.492. The Balaban J connectivity index is 1.75. The Hall–Kier alpha value is -1.44. The van der Waals surface area contributed by atoms with E-state index in [1.54, 1.807) is 0 Å². The number of halogens is 1. The molecule has 1 aliphatic heterocycles. The Bertz CT molecular complexity index is 712. The lowest BCUT2D eigenvalue weighted by molar-refractivity contribution is 0.884. The number of rotatable bonds is 1. The smallest absolute Gasteiger partial charge is 0.0406 e. The van der Waals surface area contributed by atoms with Gasteiger partial charge < -0.3 is 0 Å². The number of fused-ring (bicyclic) bond motifs is 3. The predicted molar refractivity (Wildman–Crippen MR) is 87.4 cm³/mol. The van der Waals surface area contributed by atoms with Gasteiger partial charge in [0.2, 0.25) is 0 Å². The third-order valence-corrected chi connectivity index (χ3v) is 5.50. The standard InChI is InChI=1S/C18H13ClS/c19-14-8-5-12(6-9-14)13-7-10-18-16(11-13)15-3-1-2-4-17(15)20-18/h1-11,16,18H/t16?,18-/m0/s1. The summed E-state index contributed by atoms with van der Waals surface area (Å²) in [4.78, 5) is 1.42. The highest BCUT2D eigenvalue weighted by molar-refractivity contribution is 8.00. The quantitative estimate of drug-likeness (QED) is 0.664. The van der Waals surface area contributed by atoms with Gasteiger partial charge in [-0.2, -0.15) is 0 Å². The fourth-order valence-electron chi connectivity index (χ4n) is 2.89. The first-order valence-electron chi connectivity index (χ1n) is 6.73. The van der Waals surface area contributed by atoms with E-state index in [0.29, 0.717) is 11.2 Å². The Morgan fingerprint density at radius 2 is 1.75 bits per heavy atom. The molecule has 2 heteroatoms. The van der Waals surface area contributed by atoms with Gasteiger partial charge in [-0.25, -0.2) is 0 Å². The van der Waals surface area contributed by atoms with Gasteiger partial charge in [-0.3, -0.25) is 0 Å². The van der Waals surface area contributed by atoms with Crippen LogP contribution in [0.4, 0.5) is 0 Å².